The van der Waals surface area contributed by atoms with Crippen LogP contribution in [-0.2, 0) is 13.0 Å². The fraction of sp³-hybridized carbons (Fsp3) is 0.250. The Bertz CT molecular complexity index is 508. The van der Waals surface area contributed by atoms with Gasteiger partial charge in [0.15, 0.2) is 0 Å². The second kappa shape index (κ2) is 5.05. The van der Waals surface area contributed by atoms with Crippen molar-refractivity contribution in [3.63, 3.8) is 0 Å². The van der Waals surface area contributed by atoms with E-state index in [9.17, 15) is 8.78 Å². The molecule has 0 bridgehead atoms. The Morgan fingerprint density at radius 3 is 2.88 bits per heavy atom. The van der Waals surface area contributed by atoms with E-state index in [0.29, 0.717) is 18.5 Å². The van der Waals surface area contributed by atoms with Gasteiger partial charge in [0.1, 0.15) is 17.5 Å². The number of benzene rings is 1. The molecule has 0 fully saturated rings. The highest BCUT2D eigenvalue weighted by molar-refractivity contribution is 5.19. The van der Waals surface area contributed by atoms with Gasteiger partial charge in [-0.2, -0.15) is 0 Å². The highest BCUT2D eigenvalue weighted by atomic mass is 19.1. The van der Waals surface area contributed by atoms with Crippen LogP contribution in [0, 0.1) is 11.6 Å². The van der Waals surface area contributed by atoms with E-state index in [0.717, 1.165) is 18.0 Å². The minimum absolute atomic E-state index is 0.263. The van der Waals surface area contributed by atoms with Gasteiger partial charge in [-0.3, -0.25) is 0 Å². The summed E-state index contributed by atoms with van der Waals surface area (Å²) in [6.45, 7) is 0.738. The Morgan fingerprint density at radius 2 is 2.12 bits per heavy atom. The van der Waals surface area contributed by atoms with Gasteiger partial charge in [0.2, 0.25) is 0 Å². The molecule has 0 atom stereocenters. The lowest BCUT2D eigenvalue weighted by molar-refractivity contribution is 0.573. The molecular formula is C12H13F2N3. The summed E-state index contributed by atoms with van der Waals surface area (Å²) in [5.74, 6) is -0.0863. The third-order valence-corrected chi connectivity index (χ3v) is 2.52. The van der Waals surface area contributed by atoms with Crippen molar-refractivity contribution in [1.82, 2.24) is 9.55 Å². The lowest BCUT2D eigenvalue weighted by Crippen LogP contribution is -2.11. The monoisotopic (exact) mass is 237 g/mol. The number of nitrogens with zero attached hydrogens (tertiary/aromatic N) is 2. The van der Waals surface area contributed by atoms with Gasteiger partial charge in [0, 0.05) is 24.4 Å². The molecule has 1 aromatic heterocycles. The Hall–Kier alpha value is -1.75. The lowest BCUT2D eigenvalue weighted by Gasteiger charge is -2.08. The molecule has 0 saturated carbocycles. The molecule has 3 nitrogen and oxygen atoms in total. The summed E-state index contributed by atoms with van der Waals surface area (Å²) in [5, 5.41) is 0. The number of halogens is 2. The largest absolute Gasteiger partial charge is 0.330 e. The second-order valence-electron chi connectivity index (χ2n) is 3.75. The van der Waals surface area contributed by atoms with Crippen LogP contribution in [0.4, 0.5) is 8.78 Å². The van der Waals surface area contributed by atoms with Crippen molar-refractivity contribution >= 4 is 0 Å². The molecular weight excluding hydrogens is 224 g/mol. The molecule has 2 rings (SSSR count). The van der Waals surface area contributed by atoms with Crippen LogP contribution >= 0.6 is 0 Å². The molecule has 1 aromatic carbocycles. The maximum atomic E-state index is 13.5. The van der Waals surface area contributed by atoms with Crippen LogP contribution in [0.5, 0.6) is 0 Å². The first-order valence-corrected chi connectivity index (χ1v) is 5.34. The van der Waals surface area contributed by atoms with Gasteiger partial charge < -0.3 is 10.3 Å². The first kappa shape index (κ1) is 11.7. The van der Waals surface area contributed by atoms with Gasteiger partial charge in [0.25, 0.3) is 0 Å². The molecule has 0 spiro atoms. The minimum Gasteiger partial charge on any atom is -0.330 e. The van der Waals surface area contributed by atoms with Crippen molar-refractivity contribution in [1.29, 1.82) is 0 Å². The van der Waals surface area contributed by atoms with E-state index >= 15 is 0 Å². The molecule has 0 amide bonds. The third-order valence-electron chi connectivity index (χ3n) is 2.52. The molecule has 0 aliphatic heterocycles. The molecule has 90 valence electrons. The molecule has 0 radical (unpaired) electrons. The minimum atomic E-state index is -0.443. The average Bonchev–Trinajstić information content (AvgIpc) is 2.72. The normalized spacial score (nSPS) is 10.8. The summed E-state index contributed by atoms with van der Waals surface area (Å²) in [4.78, 5) is 4.12. The summed E-state index contributed by atoms with van der Waals surface area (Å²) in [6, 6.07) is 3.43. The van der Waals surface area contributed by atoms with Gasteiger partial charge in [-0.1, -0.05) is 0 Å². The lowest BCUT2D eigenvalue weighted by atomic mass is 10.2. The van der Waals surface area contributed by atoms with E-state index < -0.39 is 11.6 Å². The Kier molecular flexibility index (Phi) is 3.49. The van der Waals surface area contributed by atoms with Crippen molar-refractivity contribution in [2.75, 3.05) is 6.54 Å². The highest BCUT2D eigenvalue weighted by Gasteiger charge is 2.07. The molecule has 17 heavy (non-hydrogen) atoms. The van der Waals surface area contributed by atoms with Crippen molar-refractivity contribution in [2.45, 2.75) is 13.0 Å². The Morgan fingerprint density at radius 1 is 1.29 bits per heavy atom. The third kappa shape index (κ3) is 2.68. The molecule has 1 heterocycles. The topological polar surface area (TPSA) is 43.8 Å². The molecule has 2 aromatic rings. The molecule has 0 unspecified atom stereocenters. The molecule has 0 saturated heterocycles. The van der Waals surface area contributed by atoms with E-state index in [-0.39, 0.29) is 6.54 Å². The predicted octanol–water partition coefficient (Wildman–Crippen LogP) is 1.71. The van der Waals surface area contributed by atoms with E-state index in [4.69, 9.17) is 5.73 Å². The van der Waals surface area contributed by atoms with Gasteiger partial charge >= 0.3 is 0 Å². The van der Waals surface area contributed by atoms with Gasteiger partial charge in [-0.25, -0.2) is 13.8 Å². The highest BCUT2D eigenvalue weighted by Crippen LogP contribution is 2.12. The summed E-state index contributed by atoms with van der Waals surface area (Å²) in [5.41, 5.74) is 5.76. The number of nitrogens with two attached hydrogens (primary N) is 1. The van der Waals surface area contributed by atoms with Crippen LogP contribution in [-0.4, -0.2) is 16.1 Å². The van der Waals surface area contributed by atoms with Crippen molar-refractivity contribution in [3.05, 3.63) is 53.6 Å². The van der Waals surface area contributed by atoms with Crippen molar-refractivity contribution in [2.24, 2.45) is 5.73 Å². The van der Waals surface area contributed by atoms with Crippen LogP contribution in [0.3, 0.4) is 0 Å². The zero-order valence-electron chi connectivity index (χ0n) is 9.24. The SMILES string of the molecule is NCCc1nccn1Cc1cc(F)ccc1F. The van der Waals surface area contributed by atoms with Gasteiger partial charge in [0.05, 0.1) is 6.54 Å². The summed E-state index contributed by atoms with van der Waals surface area (Å²) < 4.78 is 28.2. The first-order valence-electron chi connectivity index (χ1n) is 5.34. The Labute approximate surface area is 97.9 Å². The van der Waals surface area contributed by atoms with E-state index in [1.54, 1.807) is 17.0 Å². The maximum absolute atomic E-state index is 13.5. The predicted molar refractivity (Wildman–Crippen MR) is 60.4 cm³/mol. The number of hydrogen-bond acceptors (Lipinski definition) is 2. The standard InChI is InChI=1S/C12H13F2N3/c13-10-1-2-11(14)9(7-10)8-17-6-5-16-12(17)3-4-15/h1-2,5-7H,3-4,8,15H2. The van der Waals surface area contributed by atoms with Crippen LogP contribution < -0.4 is 5.73 Å². The quantitative estimate of drug-likeness (QED) is 0.879. The fourth-order valence-corrected chi connectivity index (χ4v) is 1.69. The maximum Gasteiger partial charge on any atom is 0.128 e. The van der Waals surface area contributed by atoms with Crippen molar-refractivity contribution < 1.29 is 8.78 Å². The zero-order chi connectivity index (χ0) is 12.3. The van der Waals surface area contributed by atoms with Crippen LogP contribution in [0.1, 0.15) is 11.4 Å². The first-order chi connectivity index (χ1) is 8.20. The van der Waals surface area contributed by atoms with Crippen molar-refractivity contribution in [3.8, 4) is 0 Å². The Balaban J connectivity index is 2.25. The summed E-state index contributed by atoms with van der Waals surface area (Å²) >= 11 is 0. The molecule has 5 heteroatoms. The average molecular weight is 237 g/mol. The molecule has 0 aliphatic carbocycles. The molecule has 0 aliphatic rings. The van der Waals surface area contributed by atoms with E-state index in [1.165, 1.54) is 6.07 Å². The van der Waals surface area contributed by atoms with Crippen LogP contribution in [0.15, 0.2) is 30.6 Å². The van der Waals surface area contributed by atoms with Crippen LogP contribution in [0.25, 0.3) is 0 Å². The number of aromatic nitrogens is 2. The number of imidazole rings is 1. The number of hydrogen-bond donors (Lipinski definition) is 1. The summed E-state index contributed by atoms with van der Waals surface area (Å²) in [7, 11) is 0. The van der Waals surface area contributed by atoms with Crippen LogP contribution in [0.2, 0.25) is 0 Å². The fourth-order valence-electron chi connectivity index (χ4n) is 1.69. The van der Waals surface area contributed by atoms with Gasteiger partial charge in [-0.05, 0) is 24.7 Å². The zero-order valence-corrected chi connectivity index (χ0v) is 9.24. The van der Waals surface area contributed by atoms with Gasteiger partial charge in [-0.15, -0.1) is 0 Å². The number of rotatable bonds is 4. The molecule has 2 N–H and O–H groups in total. The summed E-state index contributed by atoms with van der Waals surface area (Å²) in [6.07, 6.45) is 3.97. The smallest absolute Gasteiger partial charge is 0.128 e. The van der Waals surface area contributed by atoms with E-state index in [1.807, 2.05) is 0 Å². The second-order valence-corrected chi connectivity index (χ2v) is 3.75. The van der Waals surface area contributed by atoms with E-state index in [2.05, 4.69) is 4.98 Å².